The molecule has 0 radical (unpaired) electrons. The predicted octanol–water partition coefficient (Wildman–Crippen LogP) is 2.92. The van der Waals surface area contributed by atoms with E-state index >= 15 is 0 Å². The summed E-state index contributed by atoms with van der Waals surface area (Å²) >= 11 is 0. The molecule has 4 saturated carbocycles. The molecule has 9 aliphatic heterocycles. The molecule has 16 nitrogen and oxygen atoms in total. The lowest BCUT2D eigenvalue weighted by atomic mass is 9.46. The van der Waals surface area contributed by atoms with Crippen molar-refractivity contribution in [3.63, 3.8) is 0 Å². The Morgan fingerprint density at radius 2 is 0.849 bits per heavy atom. The highest BCUT2D eigenvalue weighted by atomic mass is 16.7. The molecule has 10 fully saturated rings. The van der Waals surface area contributed by atoms with E-state index in [1.807, 2.05) is 18.2 Å². The van der Waals surface area contributed by atoms with Crippen molar-refractivity contribution in [2.45, 2.75) is 195 Å². The van der Waals surface area contributed by atoms with Gasteiger partial charge in [-0.3, -0.25) is 4.90 Å². The summed E-state index contributed by atoms with van der Waals surface area (Å²) in [5.41, 5.74) is -4.30. The predicted molar refractivity (Wildman–Crippen MR) is 256 cm³/mol. The number of likely N-dealkylation sites (tertiary alicyclic amines) is 3. The second kappa shape index (κ2) is 12.3. The summed E-state index contributed by atoms with van der Waals surface area (Å²) in [7, 11) is 4.22. The second-order valence-electron chi connectivity index (χ2n) is 26.6. The lowest BCUT2D eigenvalue weighted by molar-refractivity contribution is -0.286. The zero-order chi connectivity index (χ0) is 48.7. The van der Waals surface area contributed by atoms with Gasteiger partial charge in [0, 0.05) is 41.4 Å². The zero-order valence-electron chi connectivity index (χ0n) is 41.4. The maximum absolute atomic E-state index is 13.9. The fourth-order valence-corrected chi connectivity index (χ4v) is 21.6. The first-order valence-electron chi connectivity index (χ1n) is 27.8. The summed E-state index contributed by atoms with van der Waals surface area (Å²) < 4.78 is 46.7. The van der Waals surface area contributed by atoms with Crippen molar-refractivity contribution in [3.8, 4) is 34.5 Å². The number of phenols is 3. The van der Waals surface area contributed by atoms with Crippen LogP contribution in [-0.2, 0) is 49.7 Å². The molecule has 19 rings (SSSR count). The summed E-state index contributed by atoms with van der Waals surface area (Å²) in [6, 6.07) is 10.8. The molecule has 3 aromatic rings. The van der Waals surface area contributed by atoms with E-state index in [4.69, 9.17) is 28.4 Å². The Labute approximate surface area is 422 Å². The van der Waals surface area contributed by atoms with Gasteiger partial charge in [-0.15, -0.1) is 0 Å². The molecular formula is C57H64N4O12. The number of fused-ring (bicyclic) bond motifs is 6. The van der Waals surface area contributed by atoms with Gasteiger partial charge < -0.3 is 68.9 Å². The Kier molecular flexibility index (Phi) is 7.08. The highest BCUT2D eigenvalue weighted by Crippen LogP contribution is 2.77. The van der Waals surface area contributed by atoms with E-state index < -0.39 is 86.8 Å². The monoisotopic (exact) mass is 996 g/mol. The minimum Gasteiger partial charge on any atom is -0.504 e. The van der Waals surface area contributed by atoms with E-state index in [2.05, 4.69) is 33.7 Å². The van der Waals surface area contributed by atoms with Crippen LogP contribution >= 0.6 is 0 Å². The third-order valence-electron chi connectivity index (χ3n) is 24.6. The maximum atomic E-state index is 13.9. The number of aromatic hydroxyl groups is 3. The molecule has 6 bridgehead atoms. The summed E-state index contributed by atoms with van der Waals surface area (Å²) in [5, 5.41) is 76.9. The van der Waals surface area contributed by atoms with E-state index in [9.17, 15) is 30.6 Å². The molecule has 6 N–H and O–H groups in total. The van der Waals surface area contributed by atoms with Crippen LogP contribution in [0.1, 0.15) is 104 Å². The third kappa shape index (κ3) is 3.98. The summed E-state index contributed by atoms with van der Waals surface area (Å²) in [6.07, 6.45) is 3.67. The van der Waals surface area contributed by atoms with Crippen LogP contribution < -0.4 is 14.2 Å². The van der Waals surface area contributed by atoms with Crippen molar-refractivity contribution in [1.82, 2.24) is 19.6 Å². The van der Waals surface area contributed by atoms with Crippen molar-refractivity contribution in [2.24, 2.45) is 5.92 Å². The van der Waals surface area contributed by atoms with Crippen molar-refractivity contribution in [2.75, 3.05) is 40.3 Å². The van der Waals surface area contributed by atoms with Gasteiger partial charge in [0.1, 0.15) is 53.8 Å². The molecule has 384 valence electrons. The standard InChI is InChI=1S/C57H64N4O12/c1-58-20-17-49-37-28-5-8-31(62)40(37)68-43(49)52(11-14-55(49,65)34(58)23-28)46-61-47(53(71-46)12-15-56(66)35-24-29-6-9-32(63)41-38(29)50(56,44(53)69-41)18-21-59(35)2)73-54(48(61)72-52)13-16-57(67)36-25-30-7-10-33(64)42-39(30)51(57,45(54)70-42)19-22-60(36)26-27-3-4-27/h5-10,27,34-36,43-48,62-67H,3-4,11-26H2,1-2H3/t34-,35-,36-,43-,44-,45-,46-,47-,48-,49+,50+,51+,52?,53?,54?,55-,56-,57-/m1/s1. The Morgan fingerprint density at radius 1 is 0.479 bits per heavy atom. The fraction of sp³-hybridized carbons (Fsp3) is 0.684. The Bertz CT molecular complexity index is 3010. The summed E-state index contributed by atoms with van der Waals surface area (Å²) in [6.45, 7) is 3.17. The SMILES string of the molecule is CN1CC[C@]23c4c5ccc(O)c4O[C@H]2C2(CC[C@@]3(O)[C@H]1C5)O[C@H]1N3[C@@H]2OC2(CC[C@@]4(O)[C@H]5Cc6ccc(O)c7c6[C@@]4(CCN5CC4CC4)[C@H]2O7)[C@H]3OC12CC[C@@]1(O)[C@H]3Cc4ccc(O)c5c4[C@@]1(CCN3C)[C@H]2O5. The lowest BCUT2D eigenvalue weighted by Gasteiger charge is -2.66. The number of benzene rings is 3. The second-order valence-corrected chi connectivity index (χ2v) is 26.6. The first-order chi connectivity index (χ1) is 35.1. The van der Waals surface area contributed by atoms with Gasteiger partial charge in [0.05, 0.1) is 33.0 Å². The van der Waals surface area contributed by atoms with Crippen molar-refractivity contribution >= 4 is 0 Å². The van der Waals surface area contributed by atoms with E-state index in [1.165, 1.54) is 12.8 Å². The van der Waals surface area contributed by atoms with Gasteiger partial charge >= 0.3 is 0 Å². The Hall–Kier alpha value is -3.94. The average molecular weight is 997 g/mol. The first kappa shape index (κ1) is 42.2. The minimum absolute atomic E-state index is 0.0446. The molecule has 16 heteroatoms. The Balaban J connectivity index is 0.837. The minimum atomic E-state index is -1.24. The molecule has 9 heterocycles. The number of aliphatic hydroxyl groups is 3. The van der Waals surface area contributed by atoms with E-state index in [0.717, 1.165) is 46.5 Å². The summed E-state index contributed by atoms with van der Waals surface area (Å²) in [4.78, 5) is 9.48. The molecule has 6 saturated heterocycles. The molecule has 7 aliphatic carbocycles. The number of hydrogen-bond donors (Lipinski definition) is 6. The summed E-state index contributed by atoms with van der Waals surface area (Å²) in [5.74, 6) is 2.05. The largest absolute Gasteiger partial charge is 0.504 e. The lowest BCUT2D eigenvalue weighted by Crippen LogP contribution is -2.81. The van der Waals surface area contributed by atoms with E-state index in [-0.39, 0.29) is 35.4 Å². The quantitative estimate of drug-likeness (QED) is 0.220. The highest BCUT2D eigenvalue weighted by molar-refractivity contribution is 5.67. The van der Waals surface area contributed by atoms with Crippen LogP contribution in [0.25, 0.3) is 0 Å². The van der Waals surface area contributed by atoms with Crippen LogP contribution in [0.3, 0.4) is 0 Å². The number of phenolic OH excluding ortho intramolecular Hbond substituents is 3. The van der Waals surface area contributed by atoms with Crippen LogP contribution in [-0.4, -0.2) is 179 Å². The van der Waals surface area contributed by atoms with Crippen molar-refractivity contribution < 1.29 is 59.1 Å². The molecule has 18 atom stereocenters. The topological polar surface area (TPSA) is 190 Å². The van der Waals surface area contributed by atoms with Crippen LogP contribution in [0.2, 0.25) is 0 Å². The number of nitrogens with zero attached hydrogens (tertiary/aromatic N) is 4. The van der Waals surface area contributed by atoms with Crippen LogP contribution in [0, 0.1) is 5.92 Å². The molecular weight excluding hydrogens is 933 g/mol. The van der Waals surface area contributed by atoms with Crippen molar-refractivity contribution in [1.29, 1.82) is 0 Å². The Morgan fingerprint density at radius 3 is 1.25 bits per heavy atom. The number of ether oxygens (including phenoxy) is 6. The fourth-order valence-electron chi connectivity index (χ4n) is 21.6. The zero-order valence-corrected chi connectivity index (χ0v) is 41.4. The van der Waals surface area contributed by atoms with Gasteiger partial charge in [-0.05, 0) is 164 Å². The molecule has 3 aromatic carbocycles. The van der Waals surface area contributed by atoms with Crippen LogP contribution in [0.15, 0.2) is 36.4 Å². The number of rotatable bonds is 2. The average Bonchev–Trinajstić information content (AvgIpc) is 3.80. The molecule has 3 unspecified atom stereocenters. The molecule has 16 aliphatic rings. The van der Waals surface area contributed by atoms with Crippen LogP contribution in [0.5, 0.6) is 34.5 Å². The third-order valence-corrected chi connectivity index (χ3v) is 24.6. The van der Waals surface area contributed by atoms with Gasteiger partial charge in [-0.1, -0.05) is 18.2 Å². The van der Waals surface area contributed by atoms with Gasteiger partial charge in [-0.2, -0.15) is 0 Å². The molecule has 73 heavy (non-hydrogen) atoms. The van der Waals surface area contributed by atoms with Crippen LogP contribution in [0.4, 0.5) is 0 Å². The van der Waals surface area contributed by atoms with E-state index in [1.54, 1.807) is 18.2 Å². The van der Waals surface area contributed by atoms with Gasteiger partial charge in [0.2, 0.25) is 0 Å². The smallest absolute Gasteiger partial charge is 0.165 e. The molecule has 0 amide bonds. The van der Waals surface area contributed by atoms with E-state index in [0.29, 0.717) is 113 Å². The van der Waals surface area contributed by atoms with Gasteiger partial charge in [0.25, 0.3) is 0 Å². The molecule has 6 spiro atoms. The normalized spacial score (nSPS) is 52.0. The molecule has 0 aromatic heterocycles. The number of piperidine rings is 3. The van der Waals surface area contributed by atoms with Gasteiger partial charge in [0.15, 0.2) is 34.5 Å². The maximum Gasteiger partial charge on any atom is 0.165 e. The first-order valence-corrected chi connectivity index (χ1v) is 27.8. The highest BCUT2D eigenvalue weighted by Gasteiger charge is 2.91. The van der Waals surface area contributed by atoms with Gasteiger partial charge in [-0.25, -0.2) is 4.90 Å². The van der Waals surface area contributed by atoms with Crippen molar-refractivity contribution in [3.05, 3.63) is 69.8 Å². The number of likely N-dealkylation sites (N-methyl/N-ethyl adjacent to an activating group) is 2. The number of hydrogen-bond acceptors (Lipinski definition) is 16.